The third kappa shape index (κ3) is 5.27. The number of benzene rings is 3. The van der Waals surface area contributed by atoms with E-state index in [1.807, 2.05) is 84.9 Å². The zero-order valence-corrected chi connectivity index (χ0v) is 19.4. The number of para-hydroxylation sites is 1. The second kappa shape index (κ2) is 9.67. The zero-order chi connectivity index (χ0) is 24.2. The number of nitro groups is 1. The first kappa shape index (κ1) is 23.5. The molecule has 7 nitrogen and oxygen atoms in total. The fourth-order valence-corrected chi connectivity index (χ4v) is 4.24. The molecule has 3 aromatic carbocycles. The van der Waals surface area contributed by atoms with Crippen LogP contribution in [0.2, 0.25) is 0 Å². The van der Waals surface area contributed by atoms with Crippen LogP contribution in [0.3, 0.4) is 0 Å². The maximum absolute atomic E-state index is 12.7. The van der Waals surface area contributed by atoms with E-state index in [1.54, 1.807) is 13.8 Å². The van der Waals surface area contributed by atoms with Crippen LogP contribution in [-0.2, 0) is 13.0 Å². The van der Waals surface area contributed by atoms with Gasteiger partial charge in [0.2, 0.25) is 0 Å². The highest BCUT2D eigenvalue weighted by atomic mass is 16.6. The quantitative estimate of drug-likeness (QED) is 0.284. The lowest BCUT2D eigenvalue weighted by atomic mass is 9.88. The van der Waals surface area contributed by atoms with Crippen LogP contribution in [0, 0.1) is 10.1 Å². The summed E-state index contributed by atoms with van der Waals surface area (Å²) in [6, 6.07) is 27.1. The fraction of sp³-hybridized carbons (Fsp3) is 0.259. The molecule has 1 aliphatic rings. The van der Waals surface area contributed by atoms with Crippen LogP contribution in [0.1, 0.15) is 30.5 Å². The first-order valence-electron chi connectivity index (χ1n) is 11.3. The van der Waals surface area contributed by atoms with Gasteiger partial charge in [-0.1, -0.05) is 78.9 Å². The van der Waals surface area contributed by atoms with Gasteiger partial charge in [0.1, 0.15) is 5.70 Å². The van der Waals surface area contributed by atoms with Gasteiger partial charge in [-0.15, -0.1) is 0 Å². The number of hydrogen-bond donors (Lipinski definition) is 4. The second-order valence-electron chi connectivity index (χ2n) is 9.22. The summed E-state index contributed by atoms with van der Waals surface area (Å²) >= 11 is 0. The van der Waals surface area contributed by atoms with Crippen molar-refractivity contribution in [1.29, 1.82) is 0 Å². The topological polar surface area (TPSA) is 99.5 Å². The Bertz CT molecular complexity index is 1170. The van der Waals surface area contributed by atoms with E-state index in [9.17, 15) is 15.2 Å². The van der Waals surface area contributed by atoms with Crippen LogP contribution in [-0.4, -0.2) is 27.8 Å². The van der Waals surface area contributed by atoms with Crippen LogP contribution in [0.25, 0.3) is 5.70 Å². The molecule has 0 spiro atoms. The molecule has 34 heavy (non-hydrogen) atoms. The van der Waals surface area contributed by atoms with E-state index in [1.165, 1.54) is 0 Å². The third-order valence-corrected chi connectivity index (χ3v) is 5.82. The average molecular weight is 459 g/mol. The molecular formula is C27H30N4O3. The second-order valence-corrected chi connectivity index (χ2v) is 9.22. The molecule has 0 aliphatic carbocycles. The highest BCUT2D eigenvalue weighted by Gasteiger charge is 2.49. The minimum absolute atomic E-state index is 0.00441. The molecule has 4 N–H and O–H groups in total. The lowest BCUT2D eigenvalue weighted by Gasteiger charge is -2.39. The first-order chi connectivity index (χ1) is 16.3. The molecular weight excluding hydrogens is 428 g/mol. The van der Waals surface area contributed by atoms with Gasteiger partial charge in [-0.2, -0.15) is 0 Å². The summed E-state index contributed by atoms with van der Waals surface area (Å²) in [4.78, 5) is 12.4. The highest BCUT2D eigenvalue weighted by Crippen LogP contribution is 2.39. The number of hydrogen-bond acceptors (Lipinski definition) is 6. The SMILES string of the molecule is CC(C)(O)CNC1=C([N+](=O)[O-])C(Cc2ccccc2)(NCc2ccccc2)Nc2ccccc21. The number of aliphatic hydroxyl groups is 1. The Morgan fingerprint density at radius 1 is 0.941 bits per heavy atom. The van der Waals surface area contributed by atoms with Gasteiger partial charge in [-0.05, 0) is 31.0 Å². The average Bonchev–Trinajstić information content (AvgIpc) is 2.81. The maximum atomic E-state index is 12.7. The Balaban J connectivity index is 1.86. The smallest absolute Gasteiger partial charge is 0.310 e. The summed E-state index contributed by atoms with van der Waals surface area (Å²) in [6.45, 7) is 3.93. The van der Waals surface area contributed by atoms with E-state index in [-0.39, 0.29) is 17.2 Å². The van der Waals surface area contributed by atoms with E-state index >= 15 is 0 Å². The Hall–Kier alpha value is -3.68. The Labute approximate surface area is 199 Å². The number of nitrogens with zero attached hydrogens (tertiary/aromatic N) is 1. The third-order valence-electron chi connectivity index (χ3n) is 5.82. The van der Waals surface area contributed by atoms with Gasteiger partial charge in [-0.25, -0.2) is 0 Å². The molecule has 1 atom stereocenters. The predicted molar refractivity (Wildman–Crippen MR) is 134 cm³/mol. The van der Waals surface area contributed by atoms with E-state index in [0.29, 0.717) is 24.2 Å². The van der Waals surface area contributed by atoms with Gasteiger partial charge >= 0.3 is 5.70 Å². The first-order valence-corrected chi connectivity index (χ1v) is 11.3. The maximum Gasteiger partial charge on any atom is 0.310 e. The van der Waals surface area contributed by atoms with Crippen molar-refractivity contribution in [3.8, 4) is 0 Å². The van der Waals surface area contributed by atoms with Crippen LogP contribution in [0.5, 0.6) is 0 Å². The van der Waals surface area contributed by atoms with Crippen LogP contribution >= 0.6 is 0 Å². The predicted octanol–water partition coefficient (Wildman–Crippen LogP) is 4.15. The standard InChI is InChI=1S/C27H30N4O3/c1-26(2,32)19-28-24-22-15-9-10-16-23(22)30-27(25(24)31(33)34,17-20-11-5-3-6-12-20)29-18-21-13-7-4-8-14-21/h3-16,28-30,32H,17-19H2,1-2H3. The van der Waals surface area contributed by atoms with E-state index in [4.69, 9.17) is 0 Å². The van der Waals surface area contributed by atoms with Crippen molar-refractivity contribution in [2.24, 2.45) is 0 Å². The normalized spacial score (nSPS) is 17.6. The van der Waals surface area contributed by atoms with Crippen molar-refractivity contribution in [2.75, 3.05) is 11.9 Å². The summed E-state index contributed by atoms with van der Waals surface area (Å²) in [5, 5.41) is 33.2. The molecule has 4 rings (SSSR count). The summed E-state index contributed by atoms with van der Waals surface area (Å²) < 4.78 is 0. The van der Waals surface area contributed by atoms with Gasteiger partial charge < -0.3 is 15.7 Å². The Morgan fingerprint density at radius 2 is 1.53 bits per heavy atom. The number of rotatable bonds is 9. The highest BCUT2D eigenvalue weighted by molar-refractivity contribution is 5.82. The lowest BCUT2D eigenvalue weighted by molar-refractivity contribution is -0.434. The van der Waals surface area contributed by atoms with E-state index in [2.05, 4.69) is 16.0 Å². The summed E-state index contributed by atoms with van der Waals surface area (Å²) in [7, 11) is 0. The minimum atomic E-state index is -1.20. The molecule has 0 radical (unpaired) electrons. The molecule has 3 aromatic rings. The van der Waals surface area contributed by atoms with Crippen LogP contribution in [0.4, 0.5) is 5.69 Å². The monoisotopic (exact) mass is 458 g/mol. The van der Waals surface area contributed by atoms with Crippen molar-refractivity contribution in [2.45, 2.75) is 38.1 Å². The molecule has 1 aliphatic heterocycles. The molecule has 1 unspecified atom stereocenters. The Kier molecular flexibility index (Phi) is 6.68. The molecule has 0 amide bonds. The minimum Gasteiger partial charge on any atom is -0.389 e. The zero-order valence-electron chi connectivity index (χ0n) is 19.4. The fourth-order valence-electron chi connectivity index (χ4n) is 4.24. The van der Waals surface area contributed by atoms with Gasteiger partial charge in [0.25, 0.3) is 0 Å². The number of nitrogens with one attached hydrogen (secondary N) is 3. The van der Waals surface area contributed by atoms with Crippen molar-refractivity contribution < 1.29 is 10.0 Å². The van der Waals surface area contributed by atoms with Gasteiger partial charge in [0, 0.05) is 30.8 Å². The van der Waals surface area contributed by atoms with Crippen molar-refractivity contribution >= 4 is 11.4 Å². The van der Waals surface area contributed by atoms with Crippen molar-refractivity contribution in [1.82, 2.24) is 10.6 Å². The largest absolute Gasteiger partial charge is 0.389 e. The number of anilines is 1. The number of fused-ring (bicyclic) bond motifs is 1. The van der Waals surface area contributed by atoms with Crippen LogP contribution < -0.4 is 16.0 Å². The van der Waals surface area contributed by atoms with Gasteiger partial charge in [0.05, 0.1) is 10.5 Å². The van der Waals surface area contributed by atoms with Crippen molar-refractivity contribution in [3.05, 3.63) is 117 Å². The summed E-state index contributed by atoms with van der Waals surface area (Å²) in [6.07, 6.45) is 0.346. The van der Waals surface area contributed by atoms with Gasteiger partial charge in [0.15, 0.2) is 5.66 Å². The molecule has 0 fully saturated rings. The van der Waals surface area contributed by atoms with E-state index < -0.39 is 11.3 Å². The van der Waals surface area contributed by atoms with Crippen molar-refractivity contribution in [3.63, 3.8) is 0 Å². The van der Waals surface area contributed by atoms with Gasteiger partial charge in [-0.3, -0.25) is 15.4 Å². The molecule has 0 aromatic heterocycles. The molecule has 7 heteroatoms. The molecule has 0 saturated heterocycles. The van der Waals surface area contributed by atoms with E-state index in [0.717, 1.165) is 16.8 Å². The molecule has 0 bridgehead atoms. The Morgan fingerprint density at radius 3 is 2.15 bits per heavy atom. The summed E-state index contributed by atoms with van der Waals surface area (Å²) in [5.74, 6) is 0. The summed E-state index contributed by atoms with van der Waals surface area (Å²) in [5.41, 5.74) is 1.60. The lowest BCUT2D eigenvalue weighted by Crippen LogP contribution is -2.59. The molecule has 0 saturated carbocycles. The van der Waals surface area contributed by atoms with Crippen LogP contribution in [0.15, 0.2) is 90.6 Å². The molecule has 1 heterocycles. The molecule has 176 valence electrons.